The third-order valence-electron chi connectivity index (χ3n) is 3.66. The topological polar surface area (TPSA) is 67.4 Å². The van der Waals surface area contributed by atoms with Gasteiger partial charge in [0.05, 0.1) is 11.1 Å². The van der Waals surface area contributed by atoms with Crippen LogP contribution in [0.15, 0.2) is 42.5 Å². The van der Waals surface area contributed by atoms with Gasteiger partial charge in [-0.05, 0) is 49.4 Å². The number of anilines is 1. The fraction of sp³-hybridized carbons (Fsp3) is 0.222. The highest BCUT2D eigenvalue weighted by atomic mass is 35.5. The molecule has 0 unspecified atom stereocenters. The molecule has 0 aliphatic carbocycles. The van der Waals surface area contributed by atoms with E-state index in [2.05, 4.69) is 5.32 Å². The Labute approximate surface area is 170 Å². The molecular weight excluding hydrogens is 442 g/mol. The Hall–Kier alpha value is -2.79. The molecule has 2 aromatic rings. The maximum absolute atomic E-state index is 12.9. The third-order valence-corrected chi connectivity index (χ3v) is 3.91. The second-order valence-corrected chi connectivity index (χ2v) is 6.42. The van der Waals surface area contributed by atoms with E-state index in [0.29, 0.717) is 10.7 Å². The van der Waals surface area contributed by atoms with Crippen molar-refractivity contribution in [3.63, 3.8) is 0 Å². The lowest BCUT2D eigenvalue weighted by Crippen LogP contribution is -2.35. The Kier molecular flexibility index (Phi) is 6.99. The molecule has 0 saturated heterocycles. The molecule has 0 aliphatic heterocycles. The minimum atomic E-state index is -5.11. The van der Waals surface area contributed by atoms with Crippen LogP contribution in [0, 0.1) is 0 Å². The smallest absolute Gasteiger partial charge is 0.324 e. The van der Waals surface area contributed by atoms with Gasteiger partial charge in [-0.3, -0.25) is 14.4 Å². The van der Waals surface area contributed by atoms with Crippen LogP contribution in [0.5, 0.6) is 0 Å². The number of benzene rings is 2. The van der Waals surface area contributed by atoms with Crippen LogP contribution in [-0.2, 0) is 22.0 Å². The van der Waals surface area contributed by atoms with Crippen molar-refractivity contribution in [2.24, 2.45) is 0 Å². The van der Waals surface area contributed by atoms with E-state index >= 15 is 0 Å². The van der Waals surface area contributed by atoms with E-state index < -0.39 is 47.0 Å². The van der Waals surface area contributed by atoms with Crippen LogP contribution in [-0.4, -0.2) is 17.9 Å². The van der Waals surface area contributed by atoms with Gasteiger partial charge in [-0.1, -0.05) is 11.6 Å². The molecule has 0 aliphatic rings. The molecule has 0 heterocycles. The largest absolute Gasteiger partial charge is 0.416 e. The molecule has 2 aromatic carbocycles. The average Bonchev–Trinajstić information content (AvgIpc) is 2.65. The Morgan fingerprint density at radius 3 is 1.90 bits per heavy atom. The van der Waals surface area contributed by atoms with Crippen LogP contribution in [0.2, 0.25) is 5.02 Å². The summed E-state index contributed by atoms with van der Waals surface area (Å²) >= 11 is 5.71. The second kappa shape index (κ2) is 8.92. The first kappa shape index (κ1) is 23.5. The van der Waals surface area contributed by atoms with Crippen molar-refractivity contribution in [1.82, 2.24) is 5.48 Å². The van der Waals surface area contributed by atoms with Crippen molar-refractivity contribution < 1.29 is 40.8 Å². The van der Waals surface area contributed by atoms with Crippen LogP contribution >= 0.6 is 11.6 Å². The van der Waals surface area contributed by atoms with Gasteiger partial charge >= 0.3 is 12.4 Å². The quantitative estimate of drug-likeness (QED) is 0.490. The summed E-state index contributed by atoms with van der Waals surface area (Å²) in [5.41, 5.74) is -2.23. The first-order chi connectivity index (χ1) is 13.8. The number of hydroxylamine groups is 1. The fourth-order valence-electron chi connectivity index (χ4n) is 2.12. The zero-order valence-electron chi connectivity index (χ0n) is 15.0. The highest BCUT2D eigenvalue weighted by Crippen LogP contribution is 2.36. The summed E-state index contributed by atoms with van der Waals surface area (Å²) in [6.07, 6.45) is -11.5. The Morgan fingerprint density at radius 1 is 0.933 bits per heavy atom. The number of nitrogens with one attached hydrogen (secondary N) is 2. The van der Waals surface area contributed by atoms with Gasteiger partial charge in [0.15, 0.2) is 6.10 Å². The minimum absolute atomic E-state index is 0.111. The van der Waals surface area contributed by atoms with Crippen molar-refractivity contribution in [3.8, 4) is 0 Å². The zero-order chi connectivity index (χ0) is 22.7. The van der Waals surface area contributed by atoms with Gasteiger partial charge in [-0.25, -0.2) is 5.48 Å². The molecule has 30 heavy (non-hydrogen) atoms. The molecule has 2 N–H and O–H groups in total. The molecule has 0 bridgehead atoms. The van der Waals surface area contributed by atoms with Gasteiger partial charge in [-0.2, -0.15) is 26.3 Å². The second-order valence-electron chi connectivity index (χ2n) is 5.98. The van der Waals surface area contributed by atoms with Crippen molar-refractivity contribution in [1.29, 1.82) is 0 Å². The standard InChI is InChI=1S/C18H13ClF6N2O3/c1-9(15(28)26-14-4-2-13(19)3-5-14)30-27-16(29)10-6-11(17(20,21)22)8-12(7-10)18(23,24)25/h2-9H,1H3,(H,26,28)(H,27,29)/t9-/m1/s1. The Bertz CT molecular complexity index is 897. The van der Waals surface area contributed by atoms with Gasteiger partial charge < -0.3 is 5.32 Å². The summed E-state index contributed by atoms with van der Waals surface area (Å²) in [6.45, 7) is 1.21. The van der Waals surface area contributed by atoms with E-state index in [1.165, 1.54) is 31.2 Å². The molecule has 0 radical (unpaired) electrons. The van der Waals surface area contributed by atoms with E-state index in [1.54, 1.807) is 5.48 Å². The first-order valence-electron chi connectivity index (χ1n) is 8.09. The average molecular weight is 455 g/mol. The summed E-state index contributed by atoms with van der Waals surface area (Å²) in [4.78, 5) is 28.8. The predicted molar refractivity (Wildman–Crippen MR) is 94.5 cm³/mol. The molecule has 0 saturated carbocycles. The molecule has 162 valence electrons. The molecule has 1 atom stereocenters. The summed E-state index contributed by atoms with van der Waals surface area (Å²) in [5.74, 6) is -2.13. The highest BCUT2D eigenvalue weighted by molar-refractivity contribution is 6.30. The molecule has 12 heteroatoms. The zero-order valence-corrected chi connectivity index (χ0v) is 15.7. The third kappa shape index (κ3) is 6.36. The normalized spacial score (nSPS) is 12.9. The van der Waals surface area contributed by atoms with Gasteiger partial charge in [0.25, 0.3) is 11.8 Å². The fourth-order valence-corrected chi connectivity index (χ4v) is 2.24. The summed E-state index contributed by atoms with van der Waals surface area (Å²) in [7, 11) is 0. The Balaban J connectivity index is 2.09. The van der Waals surface area contributed by atoms with Crippen molar-refractivity contribution in [3.05, 3.63) is 64.2 Å². The van der Waals surface area contributed by atoms with Crippen molar-refractivity contribution in [2.75, 3.05) is 5.32 Å². The van der Waals surface area contributed by atoms with E-state index in [1.807, 2.05) is 0 Å². The maximum Gasteiger partial charge on any atom is 0.416 e. The van der Waals surface area contributed by atoms with Crippen LogP contribution in [0.1, 0.15) is 28.4 Å². The van der Waals surface area contributed by atoms with E-state index in [9.17, 15) is 35.9 Å². The van der Waals surface area contributed by atoms with Gasteiger partial charge in [0.2, 0.25) is 0 Å². The minimum Gasteiger partial charge on any atom is -0.324 e. The number of carbonyl (C=O) groups is 2. The van der Waals surface area contributed by atoms with Gasteiger partial charge in [0.1, 0.15) is 0 Å². The summed E-state index contributed by atoms with van der Waals surface area (Å²) in [6, 6.07) is 6.32. The number of hydrogen-bond donors (Lipinski definition) is 2. The molecule has 0 spiro atoms. The number of rotatable bonds is 5. The molecule has 0 fully saturated rings. The number of carbonyl (C=O) groups excluding carboxylic acids is 2. The SMILES string of the molecule is C[C@@H](ONC(=O)c1cc(C(F)(F)F)cc(C(F)(F)F)c1)C(=O)Nc1ccc(Cl)cc1. The van der Waals surface area contributed by atoms with E-state index in [4.69, 9.17) is 16.4 Å². The van der Waals surface area contributed by atoms with Crippen LogP contribution in [0.25, 0.3) is 0 Å². The highest BCUT2D eigenvalue weighted by Gasteiger charge is 2.37. The molecule has 2 rings (SSSR count). The number of alkyl halides is 6. The lowest BCUT2D eigenvalue weighted by molar-refractivity contribution is -0.143. The first-order valence-corrected chi connectivity index (χ1v) is 8.47. The lowest BCUT2D eigenvalue weighted by atomic mass is 10.0. The summed E-state index contributed by atoms with van der Waals surface area (Å²) < 4.78 is 77.2. The van der Waals surface area contributed by atoms with Crippen LogP contribution < -0.4 is 10.8 Å². The monoisotopic (exact) mass is 454 g/mol. The molecule has 2 amide bonds. The molecule has 5 nitrogen and oxygen atoms in total. The predicted octanol–water partition coefficient (Wildman–Crippen LogP) is 5.07. The summed E-state index contributed by atoms with van der Waals surface area (Å²) in [5, 5.41) is 2.84. The lowest BCUT2D eigenvalue weighted by Gasteiger charge is -2.16. The number of halogens is 7. The van der Waals surface area contributed by atoms with Gasteiger partial charge in [0, 0.05) is 16.3 Å². The van der Waals surface area contributed by atoms with Crippen LogP contribution in [0.3, 0.4) is 0 Å². The maximum atomic E-state index is 12.9. The van der Waals surface area contributed by atoms with Crippen LogP contribution in [0.4, 0.5) is 32.0 Å². The molecular formula is C18H13ClF6N2O3. The van der Waals surface area contributed by atoms with Crippen molar-refractivity contribution >= 4 is 29.1 Å². The van der Waals surface area contributed by atoms with Crippen molar-refractivity contribution in [2.45, 2.75) is 25.4 Å². The Morgan fingerprint density at radius 2 is 1.43 bits per heavy atom. The van der Waals surface area contributed by atoms with Gasteiger partial charge in [-0.15, -0.1) is 0 Å². The number of amides is 2. The molecule has 0 aromatic heterocycles. The van der Waals surface area contributed by atoms with E-state index in [0.717, 1.165) is 0 Å². The number of hydrogen-bond acceptors (Lipinski definition) is 3. The van der Waals surface area contributed by atoms with E-state index in [-0.39, 0.29) is 18.2 Å².